The minimum absolute atomic E-state index is 0.0631. The van der Waals surface area contributed by atoms with Crippen LogP contribution in [0.5, 0.6) is 0 Å². The van der Waals surface area contributed by atoms with E-state index in [1.165, 1.54) is 11.3 Å². The second-order valence-corrected chi connectivity index (χ2v) is 4.62. The standard InChI is InChI=1S/C14H8NOS/c16-13(10-6-2-1-3-7-10)14-15-11-8-4-5-9-12(11)17-14/h1-6,8-9H. The van der Waals surface area contributed by atoms with Gasteiger partial charge in [-0.2, -0.15) is 0 Å². The summed E-state index contributed by atoms with van der Waals surface area (Å²) in [5.41, 5.74) is 1.43. The first-order valence-electron chi connectivity index (χ1n) is 5.21. The Kier molecular flexibility index (Phi) is 2.46. The van der Waals surface area contributed by atoms with Crippen molar-refractivity contribution in [3.05, 3.63) is 65.2 Å². The molecule has 1 aromatic heterocycles. The summed E-state index contributed by atoms with van der Waals surface area (Å²) in [6, 6.07) is 17.9. The zero-order valence-electron chi connectivity index (χ0n) is 8.88. The van der Waals surface area contributed by atoms with E-state index in [0.717, 1.165) is 10.2 Å². The molecule has 0 bridgehead atoms. The van der Waals surface area contributed by atoms with Gasteiger partial charge in [-0.3, -0.25) is 4.79 Å². The van der Waals surface area contributed by atoms with Crippen LogP contribution in [-0.4, -0.2) is 10.8 Å². The van der Waals surface area contributed by atoms with E-state index in [-0.39, 0.29) is 5.78 Å². The van der Waals surface area contributed by atoms with Crippen LogP contribution in [0.25, 0.3) is 10.2 Å². The van der Waals surface area contributed by atoms with Crippen LogP contribution in [-0.2, 0) is 0 Å². The Morgan fingerprint density at radius 1 is 1.12 bits per heavy atom. The van der Waals surface area contributed by atoms with Gasteiger partial charge < -0.3 is 0 Å². The number of hydrogen-bond donors (Lipinski definition) is 0. The summed E-state index contributed by atoms with van der Waals surface area (Å²) in [7, 11) is 0. The molecule has 3 rings (SSSR count). The van der Waals surface area contributed by atoms with Gasteiger partial charge in [0, 0.05) is 5.56 Å². The third-order valence-corrected chi connectivity index (χ3v) is 3.48. The topological polar surface area (TPSA) is 30.0 Å². The smallest absolute Gasteiger partial charge is 0.222 e. The van der Waals surface area contributed by atoms with E-state index in [9.17, 15) is 4.79 Å². The number of carbonyl (C=O) groups is 1. The summed E-state index contributed by atoms with van der Waals surface area (Å²) in [5.74, 6) is -0.0631. The Morgan fingerprint density at radius 3 is 2.71 bits per heavy atom. The number of hydrogen-bond acceptors (Lipinski definition) is 3. The second kappa shape index (κ2) is 4.11. The quantitative estimate of drug-likeness (QED) is 0.641. The van der Waals surface area contributed by atoms with Crippen molar-refractivity contribution in [2.75, 3.05) is 0 Å². The van der Waals surface area contributed by atoms with E-state index in [1.54, 1.807) is 12.1 Å². The van der Waals surface area contributed by atoms with Gasteiger partial charge in [0.25, 0.3) is 0 Å². The SMILES string of the molecule is O=C(c1[c]cccc1)c1nc2ccccc2s1. The Morgan fingerprint density at radius 2 is 1.94 bits per heavy atom. The summed E-state index contributed by atoms with van der Waals surface area (Å²) in [4.78, 5) is 16.5. The number of para-hydroxylation sites is 1. The molecular formula is C14H8NOS. The fourth-order valence-electron chi connectivity index (χ4n) is 1.62. The Bertz CT molecular complexity index is 640. The number of aromatic nitrogens is 1. The lowest BCUT2D eigenvalue weighted by molar-refractivity contribution is 0.103. The molecule has 0 unspecified atom stereocenters. The van der Waals surface area contributed by atoms with Gasteiger partial charge in [-0.1, -0.05) is 36.4 Å². The van der Waals surface area contributed by atoms with Crippen molar-refractivity contribution in [1.29, 1.82) is 0 Å². The van der Waals surface area contributed by atoms with E-state index in [4.69, 9.17) is 0 Å². The Balaban J connectivity index is 2.07. The molecule has 0 aliphatic heterocycles. The maximum atomic E-state index is 12.1. The Labute approximate surface area is 103 Å². The van der Waals surface area contributed by atoms with Gasteiger partial charge in [-0.05, 0) is 18.2 Å². The minimum Gasteiger partial charge on any atom is -0.286 e. The fourth-order valence-corrected chi connectivity index (χ4v) is 2.54. The van der Waals surface area contributed by atoms with Crippen LogP contribution < -0.4 is 0 Å². The third kappa shape index (κ3) is 1.85. The van der Waals surface area contributed by atoms with E-state index >= 15 is 0 Å². The number of carbonyl (C=O) groups excluding carboxylic acids is 1. The maximum Gasteiger partial charge on any atom is 0.222 e. The van der Waals surface area contributed by atoms with Gasteiger partial charge >= 0.3 is 0 Å². The Hall–Kier alpha value is -2.00. The number of thiazole rings is 1. The number of nitrogens with zero attached hydrogens (tertiary/aromatic N) is 1. The summed E-state index contributed by atoms with van der Waals surface area (Å²) < 4.78 is 1.03. The van der Waals surface area contributed by atoms with Crippen LogP contribution in [0.1, 0.15) is 15.4 Å². The summed E-state index contributed by atoms with van der Waals surface area (Å²) in [6.45, 7) is 0. The first kappa shape index (κ1) is 10.2. The lowest BCUT2D eigenvalue weighted by Gasteiger charge is -1.94. The normalized spacial score (nSPS) is 10.6. The van der Waals surface area contributed by atoms with Crippen molar-refractivity contribution in [3.8, 4) is 0 Å². The zero-order chi connectivity index (χ0) is 11.7. The van der Waals surface area contributed by atoms with Crippen molar-refractivity contribution < 1.29 is 4.79 Å². The maximum absolute atomic E-state index is 12.1. The van der Waals surface area contributed by atoms with Crippen molar-refractivity contribution in [2.45, 2.75) is 0 Å². The largest absolute Gasteiger partial charge is 0.286 e. The number of ketones is 1. The lowest BCUT2D eigenvalue weighted by Crippen LogP contribution is -1.99. The van der Waals surface area contributed by atoms with Gasteiger partial charge in [-0.15, -0.1) is 11.3 Å². The van der Waals surface area contributed by atoms with E-state index in [0.29, 0.717) is 10.6 Å². The molecule has 1 heterocycles. The molecule has 0 amide bonds. The highest BCUT2D eigenvalue weighted by Crippen LogP contribution is 2.23. The molecule has 17 heavy (non-hydrogen) atoms. The average Bonchev–Trinajstić information content (AvgIpc) is 2.82. The zero-order valence-corrected chi connectivity index (χ0v) is 9.70. The summed E-state index contributed by atoms with van der Waals surface area (Å²) >= 11 is 1.42. The molecule has 81 valence electrons. The molecule has 1 radical (unpaired) electrons. The molecule has 0 spiro atoms. The lowest BCUT2D eigenvalue weighted by atomic mass is 10.1. The molecule has 3 heteroatoms. The minimum atomic E-state index is -0.0631. The van der Waals surface area contributed by atoms with Gasteiger partial charge in [0.1, 0.15) is 0 Å². The van der Waals surface area contributed by atoms with Crippen molar-refractivity contribution in [3.63, 3.8) is 0 Å². The summed E-state index contributed by atoms with van der Waals surface area (Å²) in [5, 5.41) is 0.522. The van der Waals surface area contributed by atoms with Gasteiger partial charge in [0.15, 0.2) is 5.01 Å². The highest BCUT2D eigenvalue weighted by atomic mass is 32.1. The first-order valence-corrected chi connectivity index (χ1v) is 6.03. The van der Waals surface area contributed by atoms with E-state index < -0.39 is 0 Å². The molecule has 2 nitrogen and oxygen atoms in total. The fraction of sp³-hybridized carbons (Fsp3) is 0. The van der Waals surface area contributed by atoms with Crippen LogP contribution in [0.4, 0.5) is 0 Å². The number of fused-ring (bicyclic) bond motifs is 1. The molecule has 3 aromatic rings. The molecular weight excluding hydrogens is 230 g/mol. The van der Waals surface area contributed by atoms with Crippen LogP contribution >= 0.6 is 11.3 Å². The van der Waals surface area contributed by atoms with Crippen molar-refractivity contribution >= 4 is 27.3 Å². The molecule has 2 aromatic carbocycles. The molecule has 0 fully saturated rings. The molecule has 0 saturated heterocycles. The van der Waals surface area contributed by atoms with Gasteiger partial charge in [-0.25, -0.2) is 4.98 Å². The van der Waals surface area contributed by atoms with Gasteiger partial charge in [0.2, 0.25) is 5.78 Å². The van der Waals surface area contributed by atoms with Crippen LogP contribution in [0.15, 0.2) is 48.5 Å². The monoisotopic (exact) mass is 238 g/mol. The highest BCUT2D eigenvalue weighted by Gasteiger charge is 2.13. The van der Waals surface area contributed by atoms with Crippen LogP contribution in [0, 0.1) is 6.07 Å². The van der Waals surface area contributed by atoms with Crippen molar-refractivity contribution in [1.82, 2.24) is 4.98 Å². The predicted octanol–water partition coefficient (Wildman–Crippen LogP) is 3.33. The first-order chi connectivity index (χ1) is 8.34. The van der Waals surface area contributed by atoms with E-state index in [1.807, 2.05) is 36.4 Å². The molecule has 0 aliphatic carbocycles. The number of benzene rings is 2. The molecule has 0 atom stereocenters. The highest BCUT2D eigenvalue weighted by molar-refractivity contribution is 7.20. The van der Waals surface area contributed by atoms with Crippen LogP contribution in [0.2, 0.25) is 0 Å². The molecule has 0 aliphatic rings. The predicted molar refractivity (Wildman–Crippen MR) is 68.3 cm³/mol. The van der Waals surface area contributed by atoms with Crippen molar-refractivity contribution in [2.24, 2.45) is 0 Å². The van der Waals surface area contributed by atoms with Gasteiger partial charge in [0.05, 0.1) is 10.2 Å². The molecule has 0 saturated carbocycles. The average molecular weight is 238 g/mol. The third-order valence-electron chi connectivity index (χ3n) is 2.44. The van der Waals surface area contributed by atoms with Crippen LogP contribution in [0.3, 0.4) is 0 Å². The second-order valence-electron chi connectivity index (χ2n) is 3.59. The van der Waals surface area contributed by atoms with E-state index in [2.05, 4.69) is 11.1 Å². The molecule has 0 N–H and O–H groups in total. The number of rotatable bonds is 2. The summed E-state index contributed by atoms with van der Waals surface area (Å²) in [6.07, 6.45) is 0.